The van der Waals surface area contributed by atoms with Crippen LogP contribution < -0.4 is 26.2 Å². The van der Waals surface area contributed by atoms with Crippen LogP contribution in [-0.2, 0) is 0 Å². The molecule has 0 aliphatic heterocycles. The van der Waals surface area contributed by atoms with Crippen molar-refractivity contribution in [2.45, 2.75) is 13.8 Å². The van der Waals surface area contributed by atoms with E-state index < -0.39 is 7.26 Å². The predicted octanol–water partition coefficient (Wildman–Crippen LogP) is 5.81. The molecule has 4 heteroatoms. The Bertz CT molecular complexity index is 1250. The molecule has 0 amide bonds. The second kappa shape index (κ2) is 10.3. The van der Waals surface area contributed by atoms with E-state index in [1.54, 1.807) is 0 Å². The molecule has 0 unspecified atom stereocenters. The quantitative estimate of drug-likeness (QED) is 0.264. The molecule has 4 aromatic carbocycles. The molecule has 1 aromatic heterocycles. The Morgan fingerprint density at radius 3 is 1.40 bits per heavy atom. The van der Waals surface area contributed by atoms with Crippen molar-refractivity contribution in [1.82, 2.24) is 4.98 Å². The van der Waals surface area contributed by atoms with Crippen LogP contribution in [0.5, 0.6) is 0 Å². The van der Waals surface area contributed by atoms with E-state index in [1.807, 2.05) is 6.07 Å². The van der Waals surface area contributed by atoms with Gasteiger partial charge >= 0.3 is 6.01 Å². The van der Waals surface area contributed by atoms with Gasteiger partial charge < -0.3 is 9.32 Å². The second-order valence-corrected chi connectivity index (χ2v) is 11.7. The van der Waals surface area contributed by atoms with Crippen molar-refractivity contribution >= 4 is 34.6 Å². The van der Waals surface area contributed by atoms with Crippen LogP contribution in [0.3, 0.4) is 0 Å². The molecule has 0 bridgehead atoms. The number of nitrogens with zero attached hydrogens (tertiary/aromatic N) is 2. The number of oxazole rings is 1. The summed E-state index contributed by atoms with van der Waals surface area (Å²) in [6.45, 7) is 5.95. The molecular weight excluding hydrogens is 447 g/mol. The Morgan fingerprint density at radius 2 is 1.00 bits per heavy atom. The summed E-state index contributed by atoms with van der Waals surface area (Å²) in [5, 5.41) is 3.77. The molecule has 0 saturated heterocycles. The molecular formula is C31H30N2OP+. The van der Waals surface area contributed by atoms with Crippen LogP contribution in [0.4, 0.5) is 6.01 Å². The lowest BCUT2D eigenvalue weighted by atomic mass is 10.2. The van der Waals surface area contributed by atoms with Crippen molar-refractivity contribution in [3.63, 3.8) is 0 Å². The maximum atomic E-state index is 6.66. The molecule has 1 heterocycles. The Morgan fingerprint density at radius 1 is 0.600 bits per heavy atom. The summed E-state index contributed by atoms with van der Waals surface area (Å²) >= 11 is 0. The lowest BCUT2D eigenvalue weighted by Crippen LogP contribution is -2.40. The summed E-state index contributed by atoms with van der Waals surface area (Å²) in [5.74, 6) is 0.845. The number of aromatic nitrogens is 1. The lowest BCUT2D eigenvalue weighted by Gasteiger charge is -2.25. The Labute approximate surface area is 208 Å². The highest BCUT2D eigenvalue weighted by Crippen LogP contribution is 2.56. The lowest BCUT2D eigenvalue weighted by molar-refractivity contribution is 0.552. The summed E-state index contributed by atoms with van der Waals surface area (Å²) in [4.78, 5) is 7.52. The maximum absolute atomic E-state index is 6.66. The van der Waals surface area contributed by atoms with Crippen molar-refractivity contribution in [1.29, 1.82) is 0 Å². The predicted molar refractivity (Wildman–Crippen MR) is 150 cm³/mol. The van der Waals surface area contributed by atoms with E-state index >= 15 is 0 Å². The first-order valence-electron chi connectivity index (χ1n) is 12.2. The molecule has 0 spiro atoms. The first kappa shape index (κ1) is 23.1. The molecule has 0 aliphatic rings. The van der Waals surface area contributed by atoms with Gasteiger partial charge in [0.1, 0.15) is 15.9 Å². The largest absolute Gasteiger partial charge is 0.419 e. The average Bonchev–Trinajstić information content (AvgIpc) is 3.37. The Balaban J connectivity index is 1.93. The molecule has 3 nitrogen and oxygen atoms in total. The van der Waals surface area contributed by atoms with E-state index in [0.29, 0.717) is 6.01 Å². The van der Waals surface area contributed by atoms with Crippen LogP contribution in [0, 0.1) is 0 Å². The molecule has 0 fully saturated rings. The monoisotopic (exact) mass is 477 g/mol. The zero-order chi connectivity index (χ0) is 24.1. The van der Waals surface area contributed by atoms with Gasteiger partial charge in [-0.1, -0.05) is 84.9 Å². The Kier molecular flexibility index (Phi) is 6.79. The van der Waals surface area contributed by atoms with Crippen molar-refractivity contribution in [2.75, 3.05) is 18.0 Å². The van der Waals surface area contributed by atoms with Gasteiger partial charge in [0, 0.05) is 18.7 Å². The smallest absolute Gasteiger partial charge is 0.301 e. The van der Waals surface area contributed by atoms with Crippen LogP contribution in [0.1, 0.15) is 13.8 Å². The van der Waals surface area contributed by atoms with Gasteiger partial charge in [0.25, 0.3) is 0 Å². The van der Waals surface area contributed by atoms with Gasteiger partial charge in [0.15, 0.2) is 7.26 Å². The molecule has 0 radical (unpaired) electrons. The number of hydrogen-bond donors (Lipinski definition) is 0. The van der Waals surface area contributed by atoms with E-state index in [0.717, 1.165) is 29.8 Å². The van der Waals surface area contributed by atoms with Crippen LogP contribution in [0.25, 0.3) is 11.3 Å². The van der Waals surface area contributed by atoms with E-state index in [9.17, 15) is 0 Å². The highest BCUT2D eigenvalue weighted by atomic mass is 31.2. The van der Waals surface area contributed by atoms with Crippen molar-refractivity contribution in [3.8, 4) is 11.3 Å². The van der Waals surface area contributed by atoms with Gasteiger partial charge in [-0.25, -0.2) is 0 Å². The molecule has 0 atom stereocenters. The SMILES string of the molecule is CCN(CC)c1nc([P+](c2ccccc2)(c2ccccc2)c2ccccc2)c(-c2ccccc2)o1. The van der Waals surface area contributed by atoms with Crippen LogP contribution >= 0.6 is 7.26 Å². The molecule has 5 rings (SSSR count). The summed E-state index contributed by atoms with van der Waals surface area (Å²) < 4.78 is 6.66. The topological polar surface area (TPSA) is 29.3 Å². The fourth-order valence-corrected chi connectivity index (χ4v) is 8.91. The van der Waals surface area contributed by atoms with Gasteiger partial charge in [-0.2, -0.15) is 4.98 Å². The number of rotatable bonds is 8. The third-order valence-corrected chi connectivity index (χ3v) is 10.6. The normalized spacial score (nSPS) is 11.4. The minimum absolute atomic E-state index is 0.677. The minimum atomic E-state index is -2.38. The first-order chi connectivity index (χ1) is 17.3. The van der Waals surface area contributed by atoms with Gasteiger partial charge in [0.05, 0.1) is 0 Å². The van der Waals surface area contributed by atoms with Gasteiger partial charge in [-0.05, 0) is 50.2 Å². The van der Waals surface area contributed by atoms with Crippen molar-refractivity contribution in [2.24, 2.45) is 0 Å². The van der Waals surface area contributed by atoms with Crippen LogP contribution in [0.15, 0.2) is 126 Å². The minimum Gasteiger partial charge on any atom is -0.419 e. The van der Waals surface area contributed by atoms with Crippen LogP contribution in [-0.4, -0.2) is 18.1 Å². The highest BCUT2D eigenvalue weighted by molar-refractivity contribution is 8.01. The zero-order valence-corrected chi connectivity index (χ0v) is 21.1. The molecule has 174 valence electrons. The standard InChI is InChI=1S/C31H30N2OP/c1-3-33(4-2)31-32-30(29(34-31)25-17-9-5-10-18-25)35(26-19-11-6-12-20-26,27-21-13-7-14-22-27)28-23-15-8-16-24-28/h5-24H,3-4H2,1-2H3/q+1. The average molecular weight is 478 g/mol. The summed E-state index contributed by atoms with van der Waals surface area (Å²) in [7, 11) is -2.38. The Hall–Kier alpha value is -3.68. The third-order valence-electron chi connectivity index (χ3n) is 6.42. The highest BCUT2D eigenvalue weighted by Gasteiger charge is 2.53. The second-order valence-electron chi connectivity index (χ2n) is 8.36. The van der Waals surface area contributed by atoms with E-state index in [1.165, 1.54) is 15.9 Å². The third kappa shape index (κ3) is 4.17. The number of benzene rings is 4. The van der Waals surface area contributed by atoms with Gasteiger partial charge in [-0.3, -0.25) is 0 Å². The molecule has 0 N–H and O–H groups in total. The number of hydrogen-bond acceptors (Lipinski definition) is 3. The van der Waals surface area contributed by atoms with Gasteiger partial charge in [0.2, 0.25) is 11.2 Å². The van der Waals surface area contributed by atoms with Gasteiger partial charge in [-0.15, -0.1) is 0 Å². The molecule has 35 heavy (non-hydrogen) atoms. The molecule has 0 aliphatic carbocycles. The van der Waals surface area contributed by atoms with E-state index in [2.05, 4.69) is 134 Å². The fraction of sp³-hybridized carbons (Fsp3) is 0.129. The van der Waals surface area contributed by atoms with Crippen LogP contribution in [0.2, 0.25) is 0 Å². The van der Waals surface area contributed by atoms with E-state index in [4.69, 9.17) is 9.40 Å². The fourth-order valence-electron chi connectivity index (χ4n) is 4.70. The van der Waals surface area contributed by atoms with E-state index in [-0.39, 0.29) is 0 Å². The molecule has 0 saturated carbocycles. The maximum Gasteiger partial charge on any atom is 0.301 e. The molecule has 5 aromatic rings. The summed E-state index contributed by atoms with van der Waals surface area (Å²) in [6.07, 6.45) is 0. The summed E-state index contributed by atoms with van der Waals surface area (Å²) in [6, 6.07) is 43.6. The van der Waals surface area contributed by atoms with Crippen molar-refractivity contribution < 1.29 is 4.42 Å². The number of anilines is 1. The summed E-state index contributed by atoms with van der Waals surface area (Å²) in [5.41, 5.74) is 2.05. The van der Waals surface area contributed by atoms with Crippen molar-refractivity contribution in [3.05, 3.63) is 121 Å². The zero-order valence-electron chi connectivity index (χ0n) is 20.2. The first-order valence-corrected chi connectivity index (χ1v) is 14.0.